The number of carbonyl (C=O) groups excluding carboxylic acids is 1. The first-order chi connectivity index (χ1) is 16.1. The van der Waals surface area contributed by atoms with Crippen LogP contribution in [0.15, 0.2) is 47.0 Å². The number of amides is 1. The molecule has 1 amide bonds. The summed E-state index contributed by atoms with van der Waals surface area (Å²) in [4.78, 5) is 19.9. The van der Waals surface area contributed by atoms with Gasteiger partial charge in [-0.05, 0) is 37.1 Å². The van der Waals surface area contributed by atoms with Gasteiger partial charge in [0.05, 0.1) is 24.8 Å². The van der Waals surface area contributed by atoms with Crippen molar-refractivity contribution in [2.24, 2.45) is 0 Å². The molecule has 174 valence electrons. The minimum atomic E-state index is -0.0511. The van der Waals surface area contributed by atoms with E-state index in [9.17, 15) is 4.79 Å². The number of aromatic nitrogens is 2. The smallest absolute Gasteiger partial charge is 0.255 e. The molecule has 0 spiro atoms. The number of rotatable bonds is 8. The van der Waals surface area contributed by atoms with Crippen molar-refractivity contribution in [2.75, 3.05) is 20.8 Å². The highest BCUT2D eigenvalue weighted by Gasteiger charge is 2.28. The second-order valence-electron chi connectivity index (χ2n) is 8.13. The molecule has 33 heavy (non-hydrogen) atoms. The molecule has 0 N–H and O–H groups in total. The normalized spacial score (nSPS) is 14.2. The Morgan fingerprint density at radius 3 is 2.45 bits per heavy atom. The van der Waals surface area contributed by atoms with Gasteiger partial charge in [-0.2, -0.15) is 4.98 Å². The molecule has 1 aliphatic rings. The number of ether oxygens (including phenoxy) is 2. The molecule has 1 aliphatic carbocycles. The van der Waals surface area contributed by atoms with E-state index < -0.39 is 0 Å². The summed E-state index contributed by atoms with van der Waals surface area (Å²) in [5.41, 5.74) is 1.26. The monoisotopic (exact) mass is 469 g/mol. The molecular weight excluding hydrogens is 442 g/mol. The Bertz CT molecular complexity index is 1070. The highest BCUT2D eigenvalue weighted by Crippen LogP contribution is 2.29. The molecule has 0 radical (unpaired) electrons. The van der Waals surface area contributed by atoms with E-state index in [1.807, 2.05) is 29.2 Å². The standard InChI is InChI=1S/C25H28ClN3O4/c1-31-19-14-17(15-20(16-19)32-2)24-27-23(33-28-24)12-13-29(18-8-4-3-5-9-18)25(30)21-10-6-7-11-22(21)26/h6-7,10-11,14-16,18H,3-5,8-9,12-13H2,1-2H3. The molecule has 0 bridgehead atoms. The van der Waals surface area contributed by atoms with E-state index >= 15 is 0 Å². The number of benzene rings is 2. The van der Waals surface area contributed by atoms with E-state index in [1.54, 1.807) is 32.4 Å². The van der Waals surface area contributed by atoms with E-state index in [4.69, 9.17) is 25.6 Å². The van der Waals surface area contributed by atoms with Gasteiger partial charge in [0.15, 0.2) is 0 Å². The van der Waals surface area contributed by atoms with Crippen LogP contribution in [0.2, 0.25) is 5.02 Å². The van der Waals surface area contributed by atoms with Crippen molar-refractivity contribution < 1.29 is 18.8 Å². The summed E-state index contributed by atoms with van der Waals surface area (Å²) >= 11 is 6.33. The van der Waals surface area contributed by atoms with Crippen LogP contribution >= 0.6 is 11.6 Å². The lowest BCUT2D eigenvalue weighted by Gasteiger charge is -2.34. The molecule has 3 aromatic rings. The third-order valence-electron chi connectivity index (χ3n) is 6.02. The second kappa shape index (κ2) is 10.7. The van der Waals surface area contributed by atoms with Crippen molar-refractivity contribution in [3.05, 3.63) is 58.9 Å². The second-order valence-corrected chi connectivity index (χ2v) is 8.54. The zero-order chi connectivity index (χ0) is 23.2. The van der Waals surface area contributed by atoms with Gasteiger partial charge in [-0.1, -0.05) is 48.2 Å². The fourth-order valence-electron chi connectivity index (χ4n) is 4.26. The number of halogens is 1. The van der Waals surface area contributed by atoms with Crippen molar-refractivity contribution in [3.8, 4) is 22.9 Å². The van der Waals surface area contributed by atoms with Gasteiger partial charge < -0.3 is 18.9 Å². The lowest BCUT2D eigenvalue weighted by Crippen LogP contribution is -2.42. The Morgan fingerprint density at radius 2 is 1.79 bits per heavy atom. The van der Waals surface area contributed by atoms with Crippen LogP contribution in [0.5, 0.6) is 11.5 Å². The fourth-order valence-corrected chi connectivity index (χ4v) is 4.47. The van der Waals surface area contributed by atoms with Crippen molar-refractivity contribution in [3.63, 3.8) is 0 Å². The molecule has 7 nitrogen and oxygen atoms in total. The van der Waals surface area contributed by atoms with E-state index in [0.717, 1.165) is 31.2 Å². The van der Waals surface area contributed by atoms with Crippen LogP contribution in [0, 0.1) is 0 Å². The summed E-state index contributed by atoms with van der Waals surface area (Å²) in [6.07, 6.45) is 5.91. The molecule has 0 aliphatic heterocycles. The summed E-state index contributed by atoms with van der Waals surface area (Å²) < 4.78 is 16.2. The van der Waals surface area contributed by atoms with Crippen molar-refractivity contribution in [2.45, 2.75) is 44.6 Å². The lowest BCUT2D eigenvalue weighted by molar-refractivity contribution is 0.0632. The Morgan fingerprint density at radius 1 is 1.09 bits per heavy atom. The maximum absolute atomic E-state index is 13.4. The summed E-state index contributed by atoms with van der Waals surface area (Å²) in [5, 5.41) is 4.59. The zero-order valence-corrected chi connectivity index (χ0v) is 19.7. The lowest BCUT2D eigenvalue weighted by atomic mass is 9.93. The average Bonchev–Trinajstić information content (AvgIpc) is 3.33. The van der Waals surface area contributed by atoms with Crippen molar-refractivity contribution in [1.82, 2.24) is 15.0 Å². The first kappa shape index (κ1) is 23.1. The van der Waals surface area contributed by atoms with Gasteiger partial charge in [-0.15, -0.1) is 0 Å². The van der Waals surface area contributed by atoms with Crippen LogP contribution < -0.4 is 9.47 Å². The number of carbonyl (C=O) groups is 1. The first-order valence-electron chi connectivity index (χ1n) is 11.2. The average molecular weight is 470 g/mol. The van der Waals surface area contributed by atoms with E-state index in [0.29, 0.717) is 46.8 Å². The molecule has 1 saturated carbocycles. The first-order valence-corrected chi connectivity index (χ1v) is 11.6. The van der Waals surface area contributed by atoms with Gasteiger partial charge in [0, 0.05) is 30.6 Å². The third kappa shape index (κ3) is 5.47. The zero-order valence-electron chi connectivity index (χ0n) is 18.9. The highest BCUT2D eigenvalue weighted by molar-refractivity contribution is 6.33. The molecule has 2 aromatic carbocycles. The van der Waals surface area contributed by atoms with Crippen LogP contribution in [0.1, 0.15) is 48.4 Å². The van der Waals surface area contributed by atoms with Gasteiger partial charge in [-0.3, -0.25) is 4.79 Å². The van der Waals surface area contributed by atoms with Gasteiger partial charge in [0.25, 0.3) is 5.91 Å². The molecule has 0 unspecified atom stereocenters. The maximum atomic E-state index is 13.4. The Balaban J connectivity index is 1.52. The molecule has 1 aromatic heterocycles. The third-order valence-corrected chi connectivity index (χ3v) is 6.35. The minimum absolute atomic E-state index is 0.0511. The van der Waals surface area contributed by atoms with Gasteiger partial charge in [0.2, 0.25) is 11.7 Å². The topological polar surface area (TPSA) is 77.7 Å². The Kier molecular flexibility index (Phi) is 7.50. The minimum Gasteiger partial charge on any atom is -0.497 e. The van der Waals surface area contributed by atoms with Gasteiger partial charge in [-0.25, -0.2) is 0 Å². The number of hydrogen-bond donors (Lipinski definition) is 0. The number of methoxy groups -OCH3 is 2. The molecular formula is C25H28ClN3O4. The fraction of sp³-hybridized carbons (Fsp3) is 0.400. The molecule has 1 fully saturated rings. The van der Waals surface area contributed by atoms with E-state index in [-0.39, 0.29) is 11.9 Å². The summed E-state index contributed by atoms with van der Waals surface area (Å²) in [6.45, 7) is 0.484. The van der Waals surface area contributed by atoms with Crippen molar-refractivity contribution in [1.29, 1.82) is 0 Å². The van der Waals surface area contributed by atoms with Crippen LogP contribution in [0.3, 0.4) is 0 Å². The van der Waals surface area contributed by atoms with E-state index in [1.165, 1.54) is 6.42 Å². The summed E-state index contributed by atoms with van der Waals surface area (Å²) in [7, 11) is 3.19. The van der Waals surface area contributed by atoms with Gasteiger partial charge >= 0.3 is 0 Å². The van der Waals surface area contributed by atoms with Crippen LogP contribution in [0.4, 0.5) is 0 Å². The predicted octanol–water partition coefficient (Wildman–Crippen LogP) is 5.42. The largest absolute Gasteiger partial charge is 0.497 e. The molecule has 4 rings (SSSR count). The van der Waals surface area contributed by atoms with Crippen LogP contribution in [-0.2, 0) is 6.42 Å². The Hall–Kier alpha value is -3.06. The molecule has 8 heteroatoms. The summed E-state index contributed by atoms with van der Waals surface area (Å²) in [6, 6.07) is 12.8. The van der Waals surface area contributed by atoms with Crippen molar-refractivity contribution >= 4 is 17.5 Å². The van der Waals surface area contributed by atoms with Crippen LogP contribution in [0.25, 0.3) is 11.4 Å². The number of hydrogen-bond acceptors (Lipinski definition) is 6. The quantitative estimate of drug-likeness (QED) is 0.438. The molecule has 0 atom stereocenters. The summed E-state index contributed by atoms with van der Waals surface area (Å²) in [5.74, 6) is 2.15. The van der Waals surface area contributed by atoms with E-state index in [2.05, 4.69) is 10.1 Å². The number of nitrogens with zero attached hydrogens (tertiary/aromatic N) is 3. The Labute approximate surface area is 198 Å². The SMILES string of the molecule is COc1cc(OC)cc(-c2noc(CCN(C(=O)c3ccccc3Cl)C3CCCCC3)n2)c1. The maximum Gasteiger partial charge on any atom is 0.255 e. The molecule has 1 heterocycles. The predicted molar refractivity (Wildman–Crippen MR) is 126 cm³/mol. The molecule has 0 saturated heterocycles. The highest BCUT2D eigenvalue weighted by atomic mass is 35.5. The van der Waals surface area contributed by atoms with Crippen LogP contribution in [-0.4, -0.2) is 47.8 Å². The van der Waals surface area contributed by atoms with Gasteiger partial charge in [0.1, 0.15) is 11.5 Å².